The van der Waals surface area contributed by atoms with E-state index in [4.69, 9.17) is 0 Å². The lowest BCUT2D eigenvalue weighted by molar-refractivity contribution is -0.113. The van der Waals surface area contributed by atoms with Gasteiger partial charge in [-0.3, -0.25) is 28.1 Å². The van der Waals surface area contributed by atoms with Gasteiger partial charge in [-0.05, 0) is 36.4 Å². The quantitative estimate of drug-likeness (QED) is 0.353. The number of hydrogen-bond donors (Lipinski definition) is 1. The van der Waals surface area contributed by atoms with Crippen molar-refractivity contribution >= 4 is 34.4 Å². The minimum absolute atomic E-state index is 0.0519. The molecule has 0 fully saturated rings. The fraction of sp³-hybridized carbons (Fsp3) is 0.136. The van der Waals surface area contributed by atoms with E-state index in [-0.39, 0.29) is 22.3 Å². The maximum Gasteiger partial charge on any atom is 0.332 e. The molecule has 0 atom stereocenters. The van der Waals surface area contributed by atoms with Crippen molar-refractivity contribution in [1.29, 1.82) is 0 Å². The minimum atomic E-state index is -0.577. The van der Waals surface area contributed by atoms with Gasteiger partial charge in [-0.15, -0.1) is 0 Å². The molecule has 11 heteroatoms. The number of para-hydroxylation sites is 1. The van der Waals surface area contributed by atoms with Crippen molar-refractivity contribution in [2.45, 2.75) is 5.16 Å². The summed E-state index contributed by atoms with van der Waals surface area (Å²) >= 11 is 0.995. The van der Waals surface area contributed by atoms with Crippen LogP contribution in [0.5, 0.6) is 0 Å². The zero-order valence-electron chi connectivity index (χ0n) is 17.6. The molecule has 4 aromatic rings. The summed E-state index contributed by atoms with van der Waals surface area (Å²) in [7, 11) is 2.77. The molecule has 0 bridgehead atoms. The summed E-state index contributed by atoms with van der Waals surface area (Å²) in [5.74, 6) is -1.06. The summed E-state index contributed by atoms with van der Waals surface area (Å²) in [6.45, 7) is 0. The maximum atomic E-state index is 13.4. The largest absolute Gasteiger partial charge is 0.332 e. The van der Waals surface area contributed by atoms with Gasteiger partial charge in [0.1, 0.15) is 11.6 Å². The first-order valence-corrected chi connectivity index (χ1v) is 10.7. The highest BCUT2D eigenvalue weighted by Crippen LogP contribution is 2.21. The van der Waals surface area contributed by atoms with Crippen molar-refractivity contribution in [3.8, 4) is 5.69 Å². The van der Waals surface area contributed by atoms with Crippen molar-refractivity contribution in [1.82, 2.24) is 18.7 Å². The fourth-order valence-electron chi connectivity index (χ4n) is 3.19. The Bertz CT molecular complexity index is 1560. The minimum Gasteiger partial charge on any atom is -0.311 e. The van der Waals surface area contributed by atoms with E-state index in [1.165, 1.54) is 42.9 Å². The Morgan fingerprint density at radius 2 is 1.73 bits per heavy atom. The van der Waals surface area contributed by atoms with Gasteiger partial charge in [-0.1, -0.05) is 23.9 Å². The van der Waals surface area contributed by atoms with Gasteiger partial charge in [-0.25, -0.2) is 14.2 Å². The van der Waals surface area contributed by atoms with Gasteiger partial charge >= 0.3 is 5.69 Å². The van der Waals surface area contributed by atoms with Crippen LogP contribution in [0, 0.1) is 5.82 Å². The molecular weight excluding hydrogens is 449 g/mol. The van der Waals surface area contributed by atoms with Crippen LogP contribution in [-0.2, 0) is 18.9 Å². The SMILES string of the molecule is Cn1c(NC(=O)CSc2nc3ccccc3c(=O)n2-c2ccc(F)cc2)cc(=O)n(C)c1=O. The number of fused-ring (bicyclic) bond motifs is 1. The number of rotatable bonds is 5. The number of carbonyl (C=O) groups is 1. The number of nitrogens with one attached hydrogen (secondary N) is 1. The van der Waals surface area contributed by atoms with Gasteiger partial charge in [0, 0.05) is 20.2 Å². The Balaban J connectivity index is 1.67. The molecule has 9 nitrogen and oxygen atoms in total. The van der Waals surface area contributed by atoms with Gasteiger partial charge in [0.25, 0.3) is 11.1 Å². The highest BCUT2D eigenvalue weighted by Gasteiger charge is 2.16. The van der Waals surface area contributed by atoms with Gasteiger partial charge < -0.3 is 5.32 Å². The third-order valence-corrected chi connectivity index (χ3v) is 5.89. The number of hydrogen-bond acceptors (Lipinski definition) is 6. The Labute approximate surface area is 190 Å². The van der Waals surface area contributed by atoms with Crippen molar-refractivity contribution in [2.75, 3.05) is 11.1 Å². The van der Waals surface area contributed by atoms with E-state index < -0.39 is 23.0 Å². The average Bonchev–Trinajstić information content (AvgIpc) is 2.81. The van der Waals surface area contributed by atoms with Crippen LogP contribution in [0.3, 0.4) is 0 Å². The number of nitrogens with zero attached hydrogens (tertiary/aromatic N) is 4. The number of benzene rings is 2. The first-order chi connectivity index (χ1) is 15.8. The third-order valence-electron chi connectivity index (χ3n) is 4.96. The van der Waals surface area contributed by atoms with E-state index in [2.05, 4.69) is 10.3 Å². The Hall–Kier alpha value is -3.99. The van der Waals surface area contributed by atoms with Crippen LogP contribution in [0.2, 0.25) is 0 Å². The standard InChI is InChI=1S/C22H18FN5O4S/c1-26-17(11-19(30)27(2)22(26)32)25-18(29)12-33-21-24-16-6-4-3-5-15(16)20(31)28(21)14-9-7-13(23)8-10-14/h3-11H,12H2,1-2H3,(H,25,29). The van der Waals surface area contributed by atoms with Crippen LogP contribution in [0.1, 0.15) is 0 Å². The summed E-state index contributed by atoms with van der Waals surface area (Å²) in [5, 5.41) is 3.15. The zero-order chi connectivity index (χ0) is 23.7. The third kappa shape index (κ3) is 4.35. The molecule has 168 valence electrons. The topological polar surface area (TPSA) is 108 Å². The molecule has 0 aliphatic rings. The second-order valence-corrected chi connectivity index (χ2v) is 8.08. The summed E-state index contributed by atoms with van der Waals surface area (Å²) in [6.07, 6.45) is 0. The molecule has 0 unspecified atom stereocenters. The average molecular weight is 467 g/mol. The molecule has 2 heterocycles. The molecule has 0 radical (unpaired) electrons. The summed E-state index contributed by atoms with van der Waals surface area (Å²) in [5.41, 5.74) is -0.632. The van der Waals surface area contributed by atoms with Crippen LogP contribution in [0.15, 0.2) is 74.1 Å². The second kappa shape index (κ2) is 8.87. The summed E-state index contributed by atoms with van der Waals surface area (Å²) < 4.78 is 16.8. The summed E-state index contributed by atoms with van der Waals surface area (Å²) in [6, 6.07) is 13.3. The Morgan fingerprint density at radius 1 is 1.03 bits per heavy atom. The number of aromatic nitrogens is 4. The lowest BCUT2D eigenvalue weighted by Crippen LogP contribution is -2.38. The van der Waals surface area contributed by atoms with Crippen molar-refractivity contribution in [3.05, 3.63) is 91.6 Å². The van der Waals surface area contributed by atoms with Crippen molar-refractivity contribution in [2.24, 2.45) is 14.1 Å². The predicted molar refractivity (Wildman–Crippen MR) is 124 cm³/mol. The van der Waals surface area contributed by atoms with E-state index in [1.807, 2.05) is 0 Å². The molecule has 0 aliphatic carbocycles. The predicted octanol–water partition coefficient (Wildman–Crippen LogP) is 1.65. The van der Waals surface area contributed by atoms with E-state index in [0.717, 1.165) is 27.0 Å². The molecular formula is C22H18FN5O4S. The van der Waals surface area contributed by atoms with Crippen LogP contribution >= 0.6 is 11.8 Å². The van der Waals surface area contributed by atoms with Crippen LogP contribution in [-0.4, -0.2) is 30.3 Å². The van der Waals surface area contributed by atoms with Gasteiger partial charge in [0.2, 0.25) is 5.91 Å². The normalized spacial score (nSPS) is 11.0. The number of amides is 1. The van der Waals surface area contributed by atoms with Crippen molar-refractivity contribution < 1.29 is 9.18 Å². The number of anilines is 1. The molecule has 0 aliphatic heterocycles. The van der Waals surface area contributed by atoms with Crippen LogP contribution < -0.4 is 22.1 Å². The molecule has 4 rings (SSSR count). The molecule has 1 N–H and O–H groups in total. The molecule has 33 heavy (non-hydrogen) atoms. The fourth-order valence-corrected chi connectivity index (χ4v) is 4.00. The van der Waals surface area contributed by atoms with Crippen LogP contribution in [0.25, 0.3) is 16.6 Å². The second-order valence-electron chi connectivity index (χ2n) is 7.13. The molecule has 2 aromatic carbocycles. The van der Waals surface area contributed by atoms with Gasteiger partial charge in [0.15, 0.2) is 5.16 Å². The maximum absolute atomic E-state index is 13.4. The van der Waals surface area contributed by atoms with Crippen LogP contribution in [0.4, 0.5) is 10.2 Å². The number of carbonyl (C=O) groups excluding carboxylic acids is 1. The highest BCUT2D eigenvalue weighted by molar-refractivity contribution is 7.99. The monoisotopic (exact) mass is 467 g/mol. The van der Waals surface area contributed by atoms with E-state index >= 15 is 0 Å². The lowest BCUT2D eigenvalue weighted by Gasteiger charge is -2.14. The van der Waals surface area contributed by atoms with Gasteiger partial charge in [-0.2, -0.15) is 0 Å². The first-order valence-electron chi connectivity index (χ1n) is 9.73. The molecule has 2 aromatic heterocycles. The van der Waals surface area contributed by atoms with Gasteiger partial charge in [0.05, 0.1) is 22.3 Å². The van der Waals surface area contributed by atoms with Crippen molar-refractivity contribution in [3.63, 3.8) is 0 Å². The Morgan fingerprint density at radius 3 is 2.45 bits per heavy atom. The summed E-state index contributed by atoms with van der Waals surface area (Å²) in [4.78, 5) is 54.2. The first kappa shape index (κ1) is 22.2. The van der Waals surface area contributed by atoms with E-state index in [0.29, 0.717) is 16.6 Å². The zero-order valence-corrected chi connectivity index (χ0v) is 18.4. The number of halogens is 1. The Kier molecular flexibility index (Phi) is 5.97. The molecule has 0 saturated carbocycles. The van der Waals surface area contributed by atoms with E-state index in [1.54, 1.807) is 24.3 Å². The lowest BCUT2D eigenvalue weighted by atomic mass is 10.2. The smallest absolute Gasteiger partial charge is 0.311 e. The highest BCUT2D eigenvalue weighted by atomic mass is 32.2. The molecule has 0 saturated heterocycles. The van der Waals surface area contributed by atoms with E-state index in [9.17, 15) is 23.6 Å². The number of thioether (sulfide) groups is 1. The molecule has 0 spiro atoms. The molecule has 1 amide bonds.